The van der Waals surface area contributed by atoms with Crippen molar-refractivity contribution in [1.29, 1.82) is 0 Å². The molecule has 2 spiro atoms. The van der Waals surface area contributed by atoms with Crippen molar-refractivity contribution in [3.63, 3.8) is 0 Å². The number of rotatable bonds is 3. The second kappa shape index (κ2) is 10.2. The monoisotopic (exact) mass is 679 g/mol. The van der Waals surface area contributed by atoms with Crippen molar-refractivity contribution >= 4 is 51.7 Å². The molecule has 2 aromatic rings. The molecular formula is C31H36ClFIN3O3. The number of anilines is 1. The second-order valence-corrected chi connectivity index (χ2v) is 14.7. The van der Waals surface area contributed by atoms with Crippen molar-refractivity contribution in [3.8, 4) is 0 Å². The van der Waals surface area contributed by atoms with Gasteiger partial charge in [0.2, 0.25) is 11.8 Å². The summed E-state index contributed by atoms with van der Waals surface area (Å²) in [6.07, 6.45) is 5.56. The summed E-state index contributed by atoms with van der Waals surface area (Å²) in [5, 5.41) is 20.6. The molecule has 6 rings (SSSR count). The van der Waals surface area contributed by atoms with Gasteiger partial charge in [-0.3, -0.25) is 14.9 Å². The molecule has 4 N–H and O–H groups in total. The fourth-order valence-electron chi connectivity index (χ4n) is 7.95. The number of aliphatic hydroxyl groups is 1. The van der Waals surface area contributed by atoms with Crippen LogP contribution in [0.5, 0.6) is 0 Å². The van der Waals surface area contributed by atoms with Gasteiger partial charge in [-0.25, -0.2) is 4.39 Å². The number of carbonyl (C=O) groups is 2. The van der Waals surface area contributed by atoms with Crippen LogP contribution in [-0.2, 0) is 15.0 Å². The van der Waals surface area contributed by atoms with Crippen LogP contribution >= 0.6 is 34.2 Å². The van der Waals surface area contributed by atoms with Crippen LogP contribution in [0, 0.1) is 14.8 Å². The summed E-state index contributed by atoms with van der Waals surface area (Å²) in [7, 11) is 0. The first-order valence-corrected chi connectivity index (χ1v) is 15.7. The van der Waals surface area contributed by atoms with E-state index < -0.39 is 28.7 Å². The Morgan fingerprint density at radius 2 is 1.77 bits per heavy atom. The molecule has 3 fully saturated rings. The second-order valence-electron chi connectivity index (χ2n) is 13.0. The third-order valence-corrected chi connectivity index (χ3v) is 10.9. The van der Waals surface area contributed by atoms with E-state index in [9.17, 15) is 14.7 Å². The summed E-state index contributed by atoms with van der Waals surface area (Å²) in [4.78, 5) is 28.7. The van der Waals surface area contributed by atoms with Gasteiger partial charge in [-0.15, -0.1) is 0 Å². The van der Waals surface area contributed by atoms with Gasteiger partial charge in [0.1, 0.15) is 11.2 Å². The molecule has 40 heavy (non-hydrogen) atoms. The first-order chi connectivity index (χ1) is 18.9. The van der Waals surface area contributed by atoms with Gasteiger partial charge in [-0.2, -0.15) is 0 Å². The van der Waals surface area contributed by atoms with E-state index >= 15 is 4.39 Å². The van der Waals surface area contributed by atoms with Crippen LogP contribution in [0.4, 0.5) is 10.1 Å². The smallest absolute Gasteiger partial charge is 0.238 e. The fourth-order valence-corrected chi connectivity index (χ4v) is 8.78. The summed E-state index contributed by atoms with van der Waals surface area (Å²) in [5.41, 5.74) is 0.371. The van der Waals surface area contributed by atoms with Crippen LogP contribution in [0.25, 0.3) is 0 Å². The Hall–Kier alpha value is -1.75. The lowest BCUT2D eigenvalue weighted by Gasteiger charge is -2.50. The Labute approximate surface area is 253 Å². The third kappa shape index (κ3) is 4.57. The zero-order valence-corrected chi connectivity index (χ0v) is 25.7. The maximum absolute atomic E-state index is 15.0. The molecule has 0 unspecified atom stereocenters. The summed E-state index contributed by atoms with van der Waals surface area (Å²) >= 11 is 8.47. The first-order valence-electron chi connectivity index (χ1n) is 14.3. The molecule has 214 valence electrons. The van der Waals surface area contributed by atoms with Gasteiger partial charge in [0.25, 0.3) is 0 Å². The lowest BCUT2D eigenvalue weighted by Crippen LogP contribution is -2.61. The Bertz CT molecular complexity index is 1330. The molecule has 0 bridgehead atoms. The van der Waals surface area contributed by atoms with E-state index in [0.717, 1.165) is 18.4 Å². The molecule has 1 saturated heterocycles. The quantitative estimate of drug-likeness (QED) is 0.310. The predicted molar refractivity (Wildman–Crippen MR) is 162 cm³/mol. The average molecular weight is 680 g/mol. The highest BCUT2D eigenvalue weighted by Crippen LogP contribution is 2.63. The molecule has 2 aliphatic heterocycles. The number of nitrogens with one attached hydrogen (secondary N) is 3. The molecule has 2 aromatic carbocycles. The standard InChI is InChI=1S/C31H36ClFIN3O3/c1-29(2)9-11-30(12-10-29)31(23-8-3-18(32)15-24(23)36-28(31)40)25(17-13-19(33)16-20(34)14-17)26(37-30)27(39)35-21-4-6-22(38)7-5-21/h3,8,13-16,21-22,25-26,37-38H,4-7,9-12H2,1-2H3,(H,35,39)(H,36,40)/t21?,22?,25-,26+,31+/m0/s1. The van der Waals surface area contributed by atoms with Crippen LogP contribution in [0.15, 0.2) is 36.4 Å². The van der Waals surface area contributed by atoms with Crippen LogP contribution in [0.3, 0.4) is 0 Å². The van der Waals surface area contributed by atoms with E-state index in [1.54, 1.807) is 12.1 Å². The number of carbonyl (C=O) groups excluding carboxylic acids is 2. The summed E-state index contributed by atoms with van der Waals surface area (Å²) in [6.45, 7) is 4.50. The molecule has 2 heterocycles. The fraction of sp³-hybridized carbons (Fsp3) is 0.548. The first kappa shape index (κ1) is 28.4. The molecule has 0 radical (unpaired) electrons. The Kier molecular flexibility index (Phi) is 7.24. The lowest BCUT2D eigenvalue weighted by molar-refractivity contribution is -0.125. The number of hydrogen-bond donors (Lipinski definition) is 4. The molecule has 4 aliphatic rings. The van der Waals surface area contributed by atoms with Crippen molar-refractivity contribution in [3.05, 3.63) is 61.9 Å². The zero-order chi connectivity index (χ0) is 28.4. The van der Waals surface area contributed by atoms with Crippen molar-refractivity contribution in [2.45, 2.75) is 100 Å². The molecule has 0 aromatic heterocycles. The number of fused-ring (bicyclic) bond motifs is 3. The summed E-state index contributed by atoms with van der Waals surface area (Å²) in [5.74, 6) is -1.38. The highest BCUT2D eigenvalue weighted by atomic mass is 127. The van der Waals surface area contributed by atoms with Crippen molar-refractivity contribution in [2.75, 3.05) is 5.32 Å². The largest absolute Gasteiger partial charge is 0.393 e. The zero-order valence-electron chi connectivity index (χ0n) is 22.8. The Balaban J connectivity index is 1.53. The number of halogens is 3. The van der Waals surface area contributed by atoms with Crippen LogP contribution < -0.4 is 16.0 Å². The number of aliphatic hydroxyl groups excluding tert-OH is 1. The van der Waals surface area contributed by atoms with Gasteiger partial charge in [0, 0.05) is 31.8 Å². The Morgan fingerprint density at radius 1 is 1.07 bits per heavy atom. The normalized spacial score (nSPS) is 32.2. The summed E-state index contributed by atoms with van der Waals surface area (Å²) < 4.78 is 15.7. The molecule has 2 amide bonds. The van der Waals surface area contributed by atoms with E-state index in [2.05, 4.69) is 52.4 Å². The maximum Gasteiger partial charge on any atom is 0.238 e. The van der Waals surface area contributed by atoms with E-state index in [0.29, 0.717) is 58.4 Å². The topological polar surface area (TPSA) is 90.5 Å². The maximum atomic E-state index is 15.0. The van der Waals surface area contributed by atoms with Gasteiger partial charge in [-0.1, -0.05) is 31.5 Å². The van der Waals surface area contributed by atoms with Gasteiger partial charge < -0.3 is 15.7 Å². The van der Waals surface area contributed by atoms with Crippen LogP contribution in [0.2, 0.25) is 5.02 Å². The molecule has 9 heteroatoms. The molecule has 2 aliphatic carbocycles. The minimum Gasteiger partial charge on any atom is -0.393 e. The average Bonchev–Trinajstić information content (AvgIpc) is 3.34. The van der Waals surface area contributed by atoms with Crippen molar-refractivity contribution < 1.29 is 19.1 Å². The van der Waals surface area contributed by atoms with Gasteiger partial charge in [0.15, 0.2) is 0 Å². The van der Waals surface area contributed by atoms with Gasteiger partial charge in [0.05, 0.1) is 12.1 Å². The van der Waals surface area contributed by atoms with Crippen molar-refractivity contribution in [1.82, 2.24) is 10.6 Å². The third-order valence-electron chi connectivity index (χ3n) is 10.0. The van der Waals surface area contributed by atoms with E-state index in [4.69, 9.17) is 11.6 Å². The van der Waals surface area contributed by atoms with Gasteiger partial charge in [-0.05, 0) is 121 Å². The van der Waals surface area contributed by atoms with E-state index in [1.165, 1.54) is 12.1 Å². The number of hydrogen-bond acceptors (Lipinski definition) is 4. The van der Waals surface area contributed by atoms with Gasteiger partial charge >= 0.3 is 0 Å². The van der Waals surface area contributed by atoms with Crippen LogP contribution in [-0.4, -0.2) is 40.6 Å². The minimum absolute atomic E-state index is 0.0488. The molecular weight excluding hydrogens is 644 g/mol. The van der Waals surface area contributed by atoms with E-state index in [-0.39, 0.29) is 29.4 Å². The highest BCUT2D eigenvalue weighted by molar-refractivity contribution is 14.1. The lowest BCUT2D eigenvalue weighted by atomic mass is 9.53. The molecule has 3 atom stereocenters. The number of benzene rings is 2. The number of amides is 2. The van der Waals surface area contributed by atoms with E-state index in [1.807, 2.05) is 12.1 Å². The van der Waals surface area contributed by atoms with Crippen molar-refractivity contribution in [2.24, 2.45) is 5.41 Å². The summed E-state index contributed by atoms with van der Waals surface area (Å²) in [6, 6.07) is 9.54. The highest BCUT2D eigenvalue weighted by Gasteiger charge is 2.72. The molecule has 2 saturated carbocycles. The predicted octanol–water partition coefficient (Wildman–Crippen LogP) is 5.79. The Morgan fingerprint density at radius 3 is 2.45 bits per heavy atom. The SMILES string of the molecule is CC1(C)CCC2(CC1)N[C@@H](C(=O)NC1CCC(O)CC1)[C@H](c1cc(F)cc(I)c1)[C@]21C(=O)Nc2cc(Cl)ccc21. The molecule has 6 nitrogen and oxygen atoms in total. The minimum atomic E-state index is -1.13. The van der Waals surface area contributed by atoms with Crippen LogP contribution in [0.1, 0.15) is 82.3 Å².